The zero-order chi connectivity index (χ0) is 13.0. The zero-order valence-corrected chi connectivity index (χ0v) is 13.1. The highest BCUT2D eigenvalue weighted by Crippen LogP contribution is 2.39. The first-order valence-corrected chi connectivity index (χ1v) is 8.82. The van der Waals surface area contributed by atoms with Crippen LogP contribution in [0.25, 0.3) is 0 Å². The first-order valence-electron chi connectivity index (χ1n) is 6.72. The van der Waals surface area contributed by atoms with E-state index in [1.165, 1.54) is 23.6 Å². The van der Waals surface area contributed by atoms with Gasteiger partial charge in [-0.15, -0.1) is 0 Å². The van der Waals surface area contributed by atoms with E-state index in [0.717, 1.165) is 11.8 Å². The van der Waals surface area contributed by atoms with Crippen LogP contribution in [0.5, 0.6) is 0 Å². The maximum Gasteiger partial charge on any atom is 0.0805 e. The van der Waals surface area contributed by atoms with Gasteiger partial charge >= 0.3 is 0 Å². The molecule has 102 valence electrons. The summed E-state index contributed by atoms with van der Waals surface area (Å²) in [4.78, 5) is 0. The molecule has 3 nitrogen and oxygen atoms in total. The molecule has 0 saturated carbocycles. The molecule has 18 heavy (non-hydrogen) atoms. The van der Waals surface area contributed by atoms with Crippen LogP contribution in [0.3, 0.4) is 0 Å². The van der Waals surface area contributed by atoms with Crippen molar-refractivity contribution in [2.45, 2.75) is 36.8 Å². The molecule has 2 heterocycles. The molecule has 5 heteroatoms. The Hall–Kier alpha value is -0.130. The first-order chi connectivity index (χ1) is 8.76. The summed E-state index contributed by atoms with van der Waals surface area (Å²) in [7, 11) is 1.99. The summed E-state index contributed by atoms with van der Waals surface area (Å²) in [6.45, 7) is 5.48. The van der Waals surface area contributed by atoms with E-state index in [1.54, 1.807) is 0 Å². The molecule has 0 bridgehead atoms. The molecular formula is C13H23N3S2. The fourth-order valence-corrected chi connectivity index (χ4v) is 5.69. The Labute approximate surface area is 118 Å². The maximum absolute atomic E-state index is 4.61. The molecule has 3 atom stereocenters. The van der Waals surface area contributed by atoms with E-state index in [2.05, 4.69) is 53.9 Å². The molecule has 0 radical (unpaired) electrons. The number of thioether (sulfide) groups is 2. The molecule has 1 aromatic rings. The molecule has 2 rings (SSSR count). The third-order valence-electron chi connectivity index (χ3n) is 3.30. The van der Waals surface area contributed by atoms with Crippen molar-refractivity contribution in [3.8, 4) is 0 Å². The highest BCUT2D eigenvalue weighted by atomic mass is 32.2. The summed E-state index contributed by atoms with van der Waals surface area (Å²) in [5.74, 6) is 2.56. The molecule has 3 unspecified atom stereocenters. The summed E-state index contributed by atoms with van der Waals surface area (Å²) < 4.78 is 1.90. The lowest BCUT2D eigenvalue weighted by Crippen LogP contribution is -2.39. The lowest BCUT2D eigenvalue weighted by atomic mass is 10.1. The van der Waals surface area contributed by atoms with Crippen LogP contribution < -0.4 is 5.32 Å². The zero-order valence-electron chi connectivity index (χ0n) is 11.4. The van der Waals surface area contributed by atoms with Crippen molar-refractivity contribution in [3.63, 3.8) is 0 Å². The normalized spacial score (nSPS) is 26.2. The lowest BCUT2D eigenvalue weighted by Gasteiger charge is -2.35. The Morgan fingerprint density at radius 3 is 2.83 bits per heavy atom. The minimum absolute atomic E-state index is 0.388. The van der Waals surface area contributed by atoms with Gasteiger partial charge in [0.25, 0.3) is 0 Å². The van der Waals surface area contributed by atoms with Crippen molar-refractivity contribution < 1.29 is 0 Å². The number of hydrogen-bond donors (Lipinski definition) is 1. The van der Waals surface area contributed by atoms with Crippen LogP contribution in [0.2, 0.25) is 0 Å². The fourth-order valence-electron chi connectivity index (χ4n) is 2.45. The Kier molecular flexibility index (Phi) is 5.45. The number of nitrogens with zero attached hydrogens (tertiary/aromatic N) is 2. The number of nitrogens with one attached hydrogen (secondary N) is 1. The molecule has 1 N–H and O–H groups in total. The van der Waals surface area contributed by atoms with E-state index >= 15 is 0 Å². The average molecular weight is 285 g/mol. The predicted molar refractivity (Wildman–Crippen MR) is 82.4 cm³/mol. The van der Waals surface area contributed by atoms with Crippen molar-refractivity contribution in [2.24, 2.45) is 7.05 Å². The van der Waals surface area contributed by atoms with Crippen molar-refractivity contribution in [3.05, 3.63) is 18.0 Å². The van der Waals surface area contributed by atoms with Gasteiger partial charge < -0.3 is 5.32 Å². The van der Waals surface area contributed by atoms with Crippen LogP contribution in [-0.4, -0.2) is 38.3 Å². The molecule has 0 spiro atoms. The largest absolute Gasteiger partial charge is 0.308 e. The van der Waals surface area contributed by atoms with E-state index in [0.29, 0.717) is 11.3 Å². The Bertz CT molecular complexity index is 367. The van der Waals surface area contributed by atoms with Crippen molar-refractivity contribution >= 4 is 23.5 Å². The first kappa shape index (κ1) is 14.3. The molecule has 1 aliphatic heterocycles. The van der Waals surface area contributed by atoms with Gasteiger partial charge in [0.15, 0.2) is 0 Å². The van der Waals surface area contributed by atoms with Gasteiger partial charge in [-0.1, -0.05) is 13.8 Å². The third-order valence-corrected chi connectivity index (χ3v) is 6.65. The molecule has 1 fully saturated rings. The second kappa shape index (κ2) is 6.87. The van der Waals surface area contributed by atoms with Gasteiger partial charge in [-0.05, 0) is 19.0 Å². The summed E-state index contributed by atoms with van der Waals surface area (Å²) in [5, 5.41) is 9.63. The van der Waals surface area contributed by atoms with Crippen LogP contribution in [0, 0.1) is 0 Å². The Balaban J connectivity index is 2.17. The predicted octanol–water partition coefficient (Wildman–Crippen LogP) is 2.70. The third kappa shape index (κ3) is 3.25. The van der Waals surface area contributed by atoms with Gasteiger partial charge in [0.2, 0.25) is 0 Å². The van der Waals surface area contributed by atoms with Crippen LogP contribution >= 0.6 is 23.5 Å². The SMILES string of the molecule is CCNC(c1ccn(C)n1)C1SCCSC1CC. The van der Waals surface area contributed by atoms with Gasteiger partial charge in [0, 0.05) is 35.3 Å². The molecule has 0 amide bonds. The highest BCUT2D eigenvalue weighted by molar-refractivity contribution is 8.07. The monoisotopic (exact) mass is 285 g/mol. The van der Waals surface area contributed by atoms with E-state index in [4.69, 9.17) is 0 Å². The second-order valence-electron chi connectivity index (χ2n) is 4.60. The van der Waals surface area contributed by atoms with E-state index in [1.807, 2.05) is 17.9 Å². The summed E-state index contributed by atoms with van der Waals surface area (Å²) >= 11 is 4.25. The summed E-state index contributed by atoms with van der Waals surface area (Å²) in [6.07, 6.45) is 3.29. The van der Waals surface area contributed by atoms with Crippen LogP contribution in [0.15, 0.2) is 12.3 Å². The number of hydrogen-bond acceptors (Lipinski definition) is 4. The molecule has 1 saturated heterocycles. The van der Waals surface area contributed by atoms with Gasteiger partial charge in [0.1, 0.15) is 0 Å². The van der Waals surface area contributed by atoms with E-state index in [9.17, 15) is 0 Å². The lowest BCUT2D eigenvalue weighted by molar-refractivity contribution is 0.496. The Morgan fingerprint density at radius 2 is 2.22 bits per heavy atom. The smallest absolute Gasteiger partial charge is 0.0805 e. The average Bonchev–Trinajstić information content (AvgIpc) is 2.82. The van der Waals surface area contributed by atoms with Crippen LogP contribution in [-0.2, 0) is 7.05 Å². The summed E-state index contributed by atoms with van der Waals surface area (Å²) in [6, 6.07) is 2.54. The van der Waals surface area contributed by atoms with Gasteiger partial charge in [-0.25, -0.2) is 0 Å². The number of aryl methyl sites for hydroxylation is 1. The second-order valence-corrected chi connectivity index (χ2v) is 7.24. The quantitative estimate of drug-likeness (QED) is 0.901. The fraction of sp³-hybridized carbons (Fsp3) is 0.769. The van der Waals surface area contributed by atoms with Gasteiger partial charge in [-0.2, -0.15) is 28.6 Å². The molecule has 0 aromatic carbocycles. The molecular weight excluding hydrogens is 262 g/mol. The van der Waals surface area contributed by atoms with Crippen LogP contribution in [0.4, 0.5) is 0 Å². The molecule has 0 aliphatic carbocycles. The topological polar surface area (TPSA) is 29.9 Å². The van der Waals surface area contributed by atoms with Gasteiger partial charge in [0.05, 0.1) is 11.7 Å². The van der Waals surface area contributed by atoms with Crippen molar-refractivity contribution in [2.75, 3.05) is 18.1 Å². The van der Waals surface area contributed by atoms with Crippen molar-refractivity contribution in [1.82, 2.24) is 15.1 Å². The molecule has 1 aromatic heterocycles. The summed E-state index contributed by atoms with van der Waals surface area (Å²) in [5.41, 5.74) is 1.19. The number of rotatable bonds is 5. The van der Waals surface area contributed by atoms with Gasteiger partial charge in [-0.3, -0.25) is 4.68 Å². The minimum atomic E-state index is 0.388. The maximum atomic E-state index is 4.61. The molecule has 1 aliphatic rings. The standard InChI is InChI=1S/C13H23N3S2/c1-4-11-13(18-9-8-17-11)12(14-5-2)10-6-7-16(3)15-10/h6-7,11-14H,4-5,8-9H2,1-3H3. The van der Waals surface area contributed by atoms with Crippen LogP contribution in [0.1, 0.15) is 32.0 Å². The highest BCUT2D eigenvalue weighted by Gasteiger charge is 2.33. The van der Waals surface area contributed by atoms with Crippen molar-refractivity contribution in [1.29, 1.82) is 0 Å². The minimum Gasteiger partial charge on any atom is -0.308 e. The van der Waals surface area contributed by atoms with E-state index < -0.39 is 0 Å². The number of aromatic nitrogens is 2. The van der Waals surface area contributed by atoms with E-state index in [-0.39, 0.29) is 0 Å². The Morgan fingerprint density at radius 1 is 1.44 bits per heavy atom.